The van der Waals surface area contributed by atoms with Crippen LogP contribution in [0.5, 0.6) is 5.75 Å². The van der Waals surface area contributed by atoms with Crippen LogP contribution in [0.4, 0.5) is 9.93 Å². The van der Waals surface area contributed by atoms with Gasteiger partial charge in [0.2, 0.25) is 0 Å². The van der Waals surface area contributed by atoms with Crippen LogP contribution in [0.1, 0.15) is 39.0 Å². The van der Waals surface area contributed by atoms with Gasteiger partial charge in [-0.15, -0.1) is 11.3 Å². The minimum absolute atomic E-state index is 0.0965. The van der Waals surface area contributed by atoms with Crippen molar-refractivity contribution in [2.24, 2.45) is 0 Å². The fourth-order valence-electron chi connectivity index (χ4n) is 2.33. The van der Waals surface area contributed by atoms with E-state index < -0.39 is 17.7 Å². The number of nitrogens with zero attached hydrogens (tertiary/aromatic N) is 4. The van der Waals surface area contributed by atoms with Gasteiger partial charge in [-0.05, 0) is 45.4 Å². The van der Waals surface area contributed by atoms with Crippen LogP contribution >= 0.6 is 11.3 Å². The van der Waals surface area contributed by atoms with E-state index >= 15 is 0 Å². The molecule has 0 aliphatic rings. The predicted octanol–water partition coefficient (Wildman–Crippen LogP) is 3.68. The van der Waals surface area contributed by atoms with Crippen LogP contribution in [-0.2, 0) is 20.8 Å². The molecule has 9 nitrogen and oxygen atoms in total. The number of amides is 1. The number of hydrogen-bond donors (Lipinski definition) is 0. The molecule has 0 saturated carbocycles. The van der Waals surface area contributed by atoms with E-state index in [0.29, 0.717) is 5.75 Å². The van der Waals surface area contributed by atoms with Crippen molar-refractivity contribution in [3.63, 3.8) is 0 Å². The summed E-state index contributed by atoms with van der Waals surface area (Å²) in [6, 6.07) is 7.22. The molecule has 0 saturated heterocycles. The Kier molecular flexibility index (Phi) is 7.68. The molecule has 0 unspecified atom stereocenters. The number of hydrogen-bond acceptors (Lipinski definition) is 7. The first-order valence-corrected chi connectivity index (χ1v) is 10.0. The summed E-state index contributed by atoms with van der Waals surface area (Å²) in [4.78, 5) is 33.4. The maximum absolute atomic E-state index is 12.8. The molecule has 1 aromatic heterocycles. The number of rotatable bonds is 7. The Morgan fingerprint density at radius 2 is 1.90 bits per heavy atom. The average molecular weight is 433 g/mol. The minimum Gasteiger partial charge on any atom is -0.497 e. The molecule has 0 fully saturated rings. The van der Waals surface area contributed by atoms with Crippen LogP contribution < -0.4 is 9.64 Å². The van der Waals surface area contributed by atoms with Crippen LogP contribution in [0.3, 0.4) is 0 Å². The smallest absolute Gasteiger partial charge is 0.425 e. The molecule has 2 aromatic rings. The van der Waals surface area contributed by atoms with E-state index in [0.717, 1.165) is 16.9 Å². The van der Waals surface area contributed by atoms with E-state index in [1.165, 1.54) is 10.3 Å². The third-order valence-electron chi connectivity index (χ3n) is 3.65. The summed E-state index contributed by atoms with van der Waals surface area (Å²) >= 11 is 1.11. The van der Waals surface area contributed by atoms with Crippen LogP contribution in [0.2, 0.25) is 0 Å². The quantitative estimate of drug-likeness (QED) is 0.285. The number of carbonyl (C=O) groups excluding carboxylic acids is 2. The lowest BCUT2D eigenvalue weighted by molar-refractivity contribution is -0.139. The lowest BCUT2D eigenvalue weighted by atomic mass is 10.2. The van der Waals surface area contributed by atoms with E-state index in [1.807, 2.05) is 12.1 Å². The fraction of sp³-hybridized carbons (Fsp3) is 0.400. The second-order valence-electron chi connectivity index (χ2n) is 7.10. The molecule has 10 heteroatoms. The molecule has 1 heterocycles. The lowest BCUT2D eigenvalue weighted by Gasteiger charge is -2.26. The average Bonchev–Trinajstić information content (AvgIpc) is 3.15. The van der Waals surface area contributed by atoms with E-state index in [2.05, 4.69) is 9.77 Å². The summed E-state index contributed by atoms with van der Waals surface area (Å²) in [5.74, 6) is -0.117. The van der Waals surface area contributed by atoms with Crippen LogP contribution in [-0.4, -0.2) is 46.9 Å². The summed E-state index contributed by atoms with van der Waals surface area (Å²) in [5, 5.41) is 1.78. The predicted molar refractivity (Wildman–Crippen MR) is 112 cm³/mol. The second-order valence-corrected chi connectivity index (χ2v) is 7.94. The van der Waals surface area contributed by atoms with Crippen molar-refractivity contribution in [1.29, 1.82) is 0 Å². The number of ether oxygens (including phenoxy) is 3. The molecule has 0 radical (unpaired) electrons. The van der Waals surface area contributed by atoms with Crippen molar-refractivity contribution in [3.8, 4) is 5.75 Å². The number of anilines is 1. The molecular weight excluding hydrogens is 408 g/mol. The number of esters is 1. The lowest BCUT2D eigenvalue weighted by Crippen LogP contribution is -2.36. The Balaban J connectivity index is 2.36. The van der Waals surface area contributed by atoms with Crippen LogP contribution in [0.25, 0.3) is 5.53 Å². The summed E-state index contributed by atoms with van der Waals surface area (Å²) in [7, 11) is 1.57. The molecule has 0 bridgehead atoms. The van der Waals surface area contributed by atoms with Gasteiger partial charge in [-0.2, -0.15) is 4.79 Å². The topological polar surface area (TPSA) is 114 Å². The monoisotopic (exact) mass is 432 g/mol. The molecule has 2 rings (SSSR count). The molecular formula is C20H24N4O5S. The highest BCUT2D eigenvalue weighted by molar-refractivity contribution is 7.14. The van der Waals surface area contributed by atoms with Gasteiger partial charge in [-0.25, -0.2) is 19.5 Å². The first kappa shape index (κ1) is 23.1. The van der Waals surface area contributed by atoms with Gasteiger partial charge in [0.15, 0.2) is 10.8 Å². The van der Waals surface area contributed by atoms with E-state index in [4.69, 9.17) is 14.2 Å². The highest BCUT2D eigenvalue weighted by Gasteiger charge is 2.31. The Morgan fingerprint density at radius 3 is 2.43 bits per heavy atom. The number of carbonyl (C=O) groups is 2. The van der Waals surface area contributed by atoms with Gasteiger partial charge in [-0.3, -0.25) is 0 Å². The number of aromatic nitrogens is 1. The van der Waals surface area contributed by atoms with Crippen molar-refractivity contribution in [2.75, 3.05) is 18.6 Å². The molecule has 1 amide bonds. The first-order chi connectivity index (χ1) is 14.2. The Morgan fingerprint density at radius 1 is 1.23 bits per heavy atom. The van der Waals surface area contributed by atoms with E-state index in [-0.39, 0.29) is 29.7 Å². The normalized spacial score (nSPS) is 10.7. The summed E-state index contributed by atoms with van der Waals surface area (Å²) in [6.45, 7) is 7.23. The van der Waals surface area contributed by atoms with Crippen molar-refractivity contribution in [3.05, 3.63) is 46.4 Å². The van der Waals surface area contributed by atoms with Gasteiger partial charge in [0, 0.05) is 5.38 Å². The number of benzene rings is 1. The van der Waals surface area contributed by atoms with Gasteiger partial charge in [-0.1, -0.05) is 12.1 Å². The Bertz CT molecular complexity index is 943. The van der Waals surface area contributed by atoms with Gasteiger partial charge >= 0.3 is 17.8 Å². The summed E-state index contributed by atoms with van der Waals surface area (Å²) in [5.41, 5.74) is 9.07. The van der Waals surface area contributed by atoms with E-state index in [1.54, 1.807) is 46.9 Å². The maximum atomic E-state index is 12.8. The molecule has 1 aromatic carbocycles. The second kappa shape index (κ2) is 10.00. The molecule has 0 aliphatic carbocycles. The zero-order valence-electron chi connectivity index (χ0n) is 17.5. The van der Waals surface area contributed by atoms with Gasteiger partial charge < -0.3 is 19.7 Å². The van der Waals surface area contributed by atoms with Crippen molar-refractivity contribution in [1.82, 2.24) is 4.98 Å². The number of methoxy groups -OCH3 is 1. The van der Waals surface area contributed by atoms with Gasteiger partial charge in [0.25, 0.3) is 0 Å². The molecule has 0 N–H and O–H groups in total. The fourth-order valence-corrected chi connectivity index (χ4v) is 3.13. The largest absolute Gasteiger partial charge is 0.497 e. The van der Waals surface area contributed by atoms with E-state index in [9.17, 15) is 15.1 Å². The van der Waals surface area contributed by atoms with Crippen molar-refractivity contribution < 1.29 is 28.6 Å². The summed E-state index contributed by atoms with van der Waals surface area (Å²) < 4.78 is 15.5. The van der Waals surface area contributed by atoms with Crippen molar-refractivity contribution >= 4 is 34.2 Å². The zero-order valence-corrected chi connectivity index (χ0v) is 18.4. The maximum Gasteiger partial charge on any atom is 0.425 e. The molecule has 160 valence electrons. The SMILES string of the molecule is CCOC(=O)C(=[N+]=[N-])c1csc(N(Cc2ccc(OC)cc2)C(=O)OC(C)(C)C)n1. The number of thiazole rings is 1. The highest BCUT2D eigenvalue weighted by atomic mass is 32.1. The molecule has 0 aliphatic heterocycles. The highest BCUT2D eigenvalue weighted by Crippen LogP contribution is 2.26. The standard InChI is InChI=1S/C20H24N4O5S/c1-6-28-17(25)16(23-21)15-12-30-18(22-15)24(19(26)29-20(2,3)4)11-13-7-9-14(27-5)10-8-13/h7-10,12H,6,11H2,1-5H3. The molecule has 30 heavy (non-hydrogen) atoms. The zero-order chi connectivity index (χ0) is 22.3. The first-order valence-electron chi connectivity index (χ1n) is 9.17. The minimum atomic E-state index is -0.809. The van der Waals surface area contributed by atoms with Crippen LogP contribution in [0, 0.1) is 0 Å². The third-order valence-corrected chi connectivity index (χ3v) is 4.51. The Labute approximate surface area is 178 Å². The van der Waals surface area contributed by atoms with Crippen molar-refractivity contribution in [2.45, 2.75) is 39.8 Å². The molecule has 0 spiro atoms. The van der Waals surface area contributed by atoms with Gasteiger partial charge in [0.05, 0.1) is 20.3 Å². The Hall–Kier alpha value is -3.23. The third kappa shape index (κ3) is 6.13. The van der Waals surface area contributed by atoms with Gasteiger partial charge in [0.1, 0.15) is 11.4 Å². The van der Waals surface area contributed by atoms with Crippen LogP contribution in [0.15, 0.2) is 29.6 Å². The molecule has 0 atom stereocenters. The summed E-state index contributed by atoms with van der Waals surface area (Å²) in [6.07, 6.45) is -0.599.